The van der Waals surface area contributed by atoms with Crippen molar-refractivity contribution in [2.24, 2.45) is 17.6 Å². The summed E-state index contributed by atoms with van der Waals surface area (Å²) in [6.07, 6.45) is 5.41. The van der Waals surface area contributed by atoms with Gasteiger partial charge in [-0.15, -0.1) is 0 Å². The van der Waals surface area contributed by atoms with Crippen LogP contribution in [0.1, 0.15) is 95.0 Å². The number of amides is 6. The van der Waals surface area contributed by atoms with Crippen molar-refractivity contribution >= 4 is 52.9 Å². The number of allylic oxidation sites excluding steroid dienone is 4. The Labute approximate surface area is 378 Å². The van der Waals surface area contributed by atoms with Gasteiger partial charge in [0.25, 0.3) is 11.8 Å². The van der Waals surface area contributed by atoms with Crippen molar-refractivity contribution in [3.8, 4) is 0 Å². The molecule has 0 spiro atoms. The average molecular weight is 901 g/mol. The number of hydrogen-bond donors (Lipinski definition) is 6. The minimum absolute atomic E-state index is 0.102. The number of unbranched alkanes of at least 4 members (excludes halogenated alkanes) is 2. The van der Waals surface area contributed by atoms with E-state index in [-0.39, 0.29) is 84.8 Å². The molecule has 1 fully saturated rings. The summed E-state index contributed by atoms with van der Waals surface area (Å²) >= 11 is 0. The summed E-state index contributed by atoms with van der Waals surface area (Å²) in [6, 6.07) is 4.23. The third-order valence-corrected chi connectivity index (χ3v) is 12.0. The Morgan fingerprint density at radius 2 is 1.75 bits per heavy atom. The van der Waals surface area contributed by atoms with Crippen LogP contribution in [-0.2, 0) is 49.5 Å². The monoisotopic (exact) mass is 900 g/mol. The standard InChI is InChI=1S/C47H60N6O12/c1-25-20-30-40(49-19-9-7-8-16-38(55)50-32-14-11-13-29-31(32)24-53(46(29)61)34-17-18-39(56)52-45(34)60)35(54)23-33(42(30)58)51-44(59)26(2)12-10-15-36(63-5)43(65-47(48)62)28(4)22-27(3)41(57)37(21-25)64-6/h10-15,22-23,25,27,34,36-37,41,43,49,57H,7-9,16-21,24H2,1-6H3,(H2,48,62)(H,50,55)(H,51,59)(H,52,56,60)/t25-,27+,34?,36+,37+,41+,43+/m1/s1. The van der Waals surface area contributed by atoms with E-state index in [0.717, 1.165) is 6.08 Å². The van der Waals surface area contributed by atoms with Gasteiger partial charge in [0.05, 0.1) is 23.6 Å². The molecular weight excluding hydrogens is 841 g/mol. The molecule has 7 atom stereocenters. The molecule has 18 nitrogen and oxygen atoms in total. The number of carbonyl (C=O) groups is 8. The van der Waals surface area contributed by atoms with Crippen LogP contribution in [0.4, 0.5) is 10.5 Å². The van der Waals surface area contributed by atoms with E-state index in [0.29, 0.717) is 48.2 Å². The highest BCUT2D eigenvalue weighted by atomic mass is 16.6. The number of piperidine rings is 1. The van der Waals surface area contributed by atoms with Gasteiger partial charge in [0, 0.05) is 80.1 Å². The predicted octanol–water partition coefficient (Wildman–Crippen LogP) is 3.31. The average Bonchev–Trinajstić information content (AvgIpc) is 3.59. The Hall–Kier alpha value is -6.24. The van der Waals surface area contributed by atoms with E-state index in [9.17, 15) is 43.5 Å². The number of imide groups is 1. The second-order valence-corrected chi connectivity index (χ2v) is 16.9. The number of anilines is 1. The lowest BCUT2D eigenvalue weighted by Gasteiger charge is -2.30. The number of hydrogen-bond acceptors (Lipinski definition) is 13. The normalized spacial score (nSPS) is 25.9. The molecule has 1 aromatic rings. The number of Topliss-reactive ketones (excluding diaryl/α,β-unsaturated/α-hetero) is 1. The highest BCUT2D eigenvalue weighted by molar-refractivity contribution is 6.23. The van der Waals surface area contributed by atoms with Crippen molar-refractivity contribution in [3.63, 3.8) is 0 Å². The SMILES string of the molecule is CO[C@H]1C=CC=C(C)C(=O)NC2=CC(=O)C(NCCCCCC(=O)Nc3cccc4c3CN(C3CCC(=O)NC3=O)C4=O)=C(C[C@@H](C)C[C@H](OC)[C@@H](O)[C@@H](C)C=C(C)[C@@H]1OC(N)=O)C2=O. The largest absolute Gasteiger partial charge is 0.439 e. The molecule has 0 aromatic heterocycles. The first kappa shape index (κ1) is 49.8. The Balaban J connectivity index is 1.25. The Bertz CT molecular complexity index is 2230. The molecular formula is C47H60N6O12. The summed E-state index contributed by atoms with van der Waals surface area (Å²) in [5.74, 6) is -3.97. The van der Waals surface area contributed by atoms with Crippen LogP contribution >= 0.6 is 0 Å². The number of nitrogens with one attached hydrogen (secondary N) is 4. The van der Waals surface area contributed by atoms with Crippen molar-refractivity contribution < 1.29 is 57.7 Å². The second kappa shape index (κ2) is 22.6. The van der Waals surface area contributed by atoms with Crippen molar-refractivity contribution in [3.05, 3.63) is 87.8 Å². The Kier molecular flexibility index (Phi) is 17.3. The molecule has 350 valence electrons. The van der Waals surface area contributed by atoms with Gasteiger partial charge < -0.3 is 45.9 Å². The van der Waals surface area contributed by atoms with E-state index in [2.05, 4.69) is 21.3 Å². The number of carbonyl (C=O) groups excluding carboxylic acids is 8. The van der Waals surface area contributed by atoms with Crippen LogP contribution in [0.2, 0.25) is 0 Å². The number of primary amides is 1. The van der Waals surface area contributed by atoms with E-state index >= 15 is 0 Å². The second-order valence-electron chi connectivity index (χ2n) is 16.9. The Morgan fingerprint density at radius 3 is 2.45 bits per heavy atom. The highest BCUT2D eigenvalue weighted by Gasteiger charge is 2.40. The summed E-state index contributed by atoms with van der Waals surface area (Å²) in [5.41, 5.74) is 7.70. The van der Waals surface area contributed by atoms with E-state index < -0.39 is 65.8 Å². The van der Waals surface area contributed by atoms with E-state index in [1.165, 1.54) is 38.2 Å². The maximum Gasteiger partial charge on any atom is 0.405 e. The molecule has 3 heterocycles. The van der Waals surface area contributed by atoms with Crippen LogP contribution in [-0.4, -0.2) is 108 Å². The van der Waals surface area contributed by atoms with Crippen LogP contribution in [0, 0.1) is 11.8 Å². The molecule has 1 unspecified atom stereocenters. The smallest absolute Gasteiger partial charge is 0.405 e. The molecule has 4 aliphatic rings. The van der Waals surface area contributed by atoms with Crippen molar-refractivity contribution in [2.75, 3.05) is 26.1 Å². The highest BCUT2D eigenvalue weighted by Crippen LogP contribution is 2.33. The summed E-state index contributed by atoms with van der Waals surface area (Å²) in [4.78, 5) is 105. The Morgan fingerprint density at radius 1 is 1.00 bits per heavy atom. The lowest BCUT2D eigenvalue weighted by molar-refractivity contribution is -0.137. The molecule has 0 saturated carbocycles. The fourth-order valence-corrected chi connectivity index (χ4v) is 8.49. The lowest BCUT2D eigenvalue weighted by atomic mass is 9.85. The fourth-order valence-electron chi connectivity index (χ4n) is 8.49. The zero-order valence-electron chi connectivity index (χ0n) is 37.7. The minimum atomic E-state index is -1.03. The molecule has 5 rings (SSSR count). The van der Waals surface area contributed by atoms with Crippen LogP contribution < -0.4 is 27.0 Å². The first-order chi connectivity index (χ1) is 30.9. The third-order valence-electron chi connectivity index (χ3n) is 12.0. The molecule has 3 aliphatic heterocycles. The van der Waals surface area contributed by atoms with Gasteiger partial charge >= 0.3 is 6.09 Å². The number of nitrogens with two attached hydrogens (primary N) is 1. The third kappa shape index (κ3) is 12.5. The van der Waals surface area contributed by atoms with Crippen molar-refractivity contribution in [1.82, 2.24) is 20.9 Å². The number of fused-ring (bicyclic) bond motifs is 3. The van der Waals surface area contributed by atoms with Gasteiger partial charge in [-0.1, -0.05) is 50.6 Å². The number of aliphatic hydroxyl groups is 1. The van der Waals surface area contributed by atoms with E-state index in [1.54, 1.807) is 44.2 Å². The first-order valence-electron chi connectivity index (χ1n) is 21.8. The van der Waals surface area contributed by atoms with Gasteiger partial charge in [0.2, 0.25) is 29.3 Å². The molecule has 1 saturated heterocycles. The van der Waals surface area contributed by atoms with Crippen molar-refractivity contribution in [1.29, 1.82) is 0 Å². The number of methoxy groups -OCH3 is 2. The maximum atomic E-state index is 14.1. The van der Waals surface area contributed by atoms with Gasteiger partial charge in [-0.3, -0.25) is 38.9 Å². The zero-order chi connectivity index (χ0) is 47.5. The van der Waals surface area contributed by atoms with Crippen LogP contribution in [0.5, 0.6) is 0 Å². The topological polar surface area (TPSA) is 262 Å². The summed E-state index contributed by atoms with van der Waals surface area (Å²) in [5, 5.41) is 22.4. The summed E-state index contributed by atoms with van der Waals surface area (Å²) in [7, 11) is 2.88. The summed E-state index contributed by atoms with van der Waals surface area (Å²) in [6.45, 7) is 7.32. The molecule has 7 N–H and O–H groups in total. The van der Waals surface area contributed by atoms with E-state index in [4.69, 9.17) is 19.9 Å². The fraction of sp³-hybridized carbons (Fsp3) is 0.489. The number of rotatable bonds is 12. The molecule has 65 heavy (non-hydrogen) atoms. The van der Waals surface area contributed by atoms with Gasteiger partial charge in [-0.2, -0.15) is 0 Å². The lowest BCUT2D eigenvalue weighted by Crippen LogP contribution is -2.52. The molecule has 2 bridgehead atoms. The molecule has 6 amide bonds. The molecule has 1 aliphatic carbocycles. The maximum absolute atomic E-state index is 14.1. The molecule has 0 radical (unpaired) electrons. The zero-order valence-corrected chi connectivity index (χ0v) is 37.7. The van der Waals surface area contributed by atoms with Crippen LogP contribution in [0.25, 0.3) is 0 Å². The number of ketones is 2. The number of nitrogens with zero attached hydrogens (tertiary/aromatic N) is 1. The summed E-state index contributed by atoms with van der Waals surface area (Å²) < 4.78 is 16.7. The van der Waals surface area contributed by atoms with Gasteiger partial charge in [0.1, 0.15) is 12.1 Å². The molecule has 1 aromatic carbocycles. The molecule has 18 heteroatoms. The predicted molar refractivity (Wildman–Crippen MR) is 237 cm³/mol. The van der Waals surface area contributed by atoms with Gasteiger partial charge in [-0.25, -0.2) is 4.79 Å². The quantitative estimate of drug-likeness (QED) is 0.0763. The number of ether oxygens (including phenoxy) is 3. The first-order valence-corrected chi connectivity index (χ1v) is 21.8. The van der Waals surface area contributed by atoms with Gasteiger partial charge in [-0.05, 0) is 69.6 Å². The minimum Gasteiger partial charge on any atom is -0.439 e. The number of benzene rings is 1. The van der Waals surface area contributed by atoms with Crippen LogP contribution in [0.3, 0.4) is 0 Å². The number of aliphatic hydroxyl groups excluding tert-OH is 1. The van der Waals surface area contributed by atoms with Gasteiger partial charge in [0.15, 0.2) is 6.10 Å². The van der Waals surface area contributed by atoms with Crippen molar-refractivity contribution in [2.45, 2.75) is 116 Å². The van der Waals surface area contributed by atoms with E-state index in [1.807, 2.05) is 6.92 Å². The van der Waals surface area contributed by atoms with Crippen LogP contribution in [0.15, 0.2) is 76.7 Å².